The average molecular weight is 276 g/mol. The molecule has 102 valence electrons. The Bertz CT molecular complexity index is 472. The average Bonchev–Trinajstić information content (AvgIpc) is 2.48. The zero-order valence-electron chi connectivity index (χ0n) is 11.5. The van der Waals surface area contributed by atoms with Crippen molar-refractivity contribution in [3.05, 3.63) is 35.9 Å². The molecule has 0 aliphatic heterocycles. The summed E-state index contributed by atoms with van der Waals surface area (Å²) in [6.45, 7) is 0. The van der Waals surface area contributed by atoms with E-state index < -0.39 is 0 Å². The molecule has 0 saturated heterocycles. The Hall–Kier alpha value is -1.42. The van der Waals surface area contributed by atoms with Gasteiger partial charge in [-0.3, -0.25) is 0 Å². The quantitative estimate of drug-likeness (QED) is 0.680. The predicted octanol–water partition coefficient (Wildman–Crippen LogP) is 3.05. The lowest BCUT2D eigenvalue weighted by Gasteiger charge is -2.38. The fourth-order valence-corrected chi connectivity index (χ4v) is 3.23. The maximum absolute atomic E-state index is 5.61. The number of rotatable bonds is 3. The zero-order valence-corrected chi connectivity index (χ0v) is 12.3. The van der Waals surface area contributed by atoms with Gasteiger partial charge in [0.15, 0.2) is 0 Å². The number of oxime groups is 1. The molecule has 1 atom stereocenters. The second-order valence-corrected chi connectivity index (χ2v) is 5.19. The molecule has 1 fully saturated rings. The van der Waals surface area contributed by atoms with Crippen molar-refractivity contribution in [2.24, 2.45) is 5.16 Å². The van der Waals surface area contributed by atoms with Crippen LogP contribution in [0.15, 0.2) is 35.5 Å². The Morgan fingerprint density at radius 3 is 2.68 bits per heavy atom. The van der Waals surface area contributed by atoms with Crippen molar-refractivity contribution in [2.45, 2.75) is 31.1 Å². The van der Waals surface area contributed by atoms with Crippen molar-refractivity contribution in [1.29, 1.82) is 0 Å². The van der Waals surface area contributed by atoms with Crippen LogP contribution in [0.2, 0.25) is 0 Å². The summed E-state index contributed by atoms with van der Waals surface area (Å²) in [5.74, 6) is 0. The van der Waals surface area contributed by atoms with Crippen molar-refractivity contribution in [1.82, 2.24) is 5.32 Å². The van der Waals surface area contributed by atoms with Gasteiger partial charge < -0.3 is 10.2 Å². The summed E-state index contributed by atoms with van der Waals surface area (Å²) in [5, 5.41) is 7.43. The highest BCUT2D eigenvalue weighted by Gasteiger charge is 2.43. The van der Waals surface area contributed by atoms with E-state index in [9.17, 15) is 0 Å². The molecule has 1 aliphatic carbocycles. The van der Waals surface area contributed by atoms with Gasteiger partial charge in [0.1, 0.15) is 7.11 Å². The lowest BCUT2D eigenvalue weighted by atomic mass is 9.67. The molecule has 4 heteroatoms. The molecule has 2 rings (SSSR count). The van der Waals surface area contributed by atoms with E-state index in [2.05, 4.69) is 22.6 Å². The van der Waals surface area contributed by atoms with Gasteiger partial charge in [-0.1, -0.05) is 54.1 Å². The van der Waals surface area contributed by atoms with E-state index in [0.29, 0.717) is 0 Å². The van der Waals surface area contributed by atoms with Crippen molar-refractivity contribution in [2.75, 3.05) is 14.2 Å². The van der Waals surface area contributed by atoms with Crippen molar-refractivity contribution >= 4 is 22.9 Å². The summed E-state index contributed by atoms with van der Waals surface area (Å²) < 4.78 is 0. The smallest absolute Gasteiger partial charge is 0.106 e. The van der Waals surface area contributed by atoms with Crippen LogP contribution < -0.4 is 5.32 Å². The molecule has 19 heavy (non-hydrogen) atoms. The minimum Gasteiger partial charge on any atom is -0.399 e. The van der Waals surface area contributed by atoms with Crippen molar-refractivity contribution in [3.8, 4) is 0 Å². The first-order valence-corrected chi connectivity index (χ1v) is 7.04. The minimum atomic E-state index is -0.306. The van der Waals surface area contributed by atoms with Gasteiger partial charge in [-0.05, 0) is 24.8 Å². The summed E-state index contributed by atoms with van der Waals surface area (Å²) in [5.41, 5.74) is 1.93. The Balaban J connectivity index is 2.56. The molecule has 1 aliphatic rings. The van der Waals surface area contributed by atoms with Crippen LogP contribution in [0.5, 0.6) is 0 Å². The molecule has 0 amide bonds. The summed E-state index contributed by atoms with van der Waals surface area (Å²) in [4.78, 5) is 5.88. The Labute approximate surface area is 120 Å². The van der Waals surface area contributed by atoms with Gasteiger partial charge in [0.2, 0.25) is 0 Å². The van der Waals surface area contributed by atoms with Crippen LogP contribution in [0, 0.1) is 0 Å². The van der Waals surface area contributed by atoms with Gasteiger partial charge in [0, 0.05) is 7.05 Å². The summed E-state index contributed by atoms with van der Waals surface area (Å²) >= 11 is 5.61. The number of likely N-dealkylation sites (N-methyl/N-ethyl adjacent to an activating group) is 1. The predicted molar refractivity (Wildman–Crippen MR) is 82.7 cm³/mol. The topological polar surface area (TPSA) is 33.6 Å². The molecule has 0 bridgehead atoms. The normalized spacial score (nSPS) is 25.1. The van der Waals surface area contributed by atoms with Crippen LogP contribution in [0.3, 0.4) is 0 Å². The van der Waals surface area contributed by atoms with Crippen molar-refractivity contribution in [3.63, 3.8) is 0 Å². The van der Waals surface area contributed by atoms with E-state index in [1.807, 2.05) is 25.2 Å². The number of hydrogen-bond acceptors (Lipinski definition) is 3. The first-order valence-electron chi connectivity index (χ1n) is 6.64. The Kier molecular flexibility index (Phi) is 4.53. The number of nitrogens with zero attached hydrogens (tertiary/aromatic N) is 1. The summed E-state index contributed by atoms with van der Waals surface area (Å²) in [6, 6.07) is 10.4. The first kappa shape index (κ1) is 14.0. The van der Waals surface area contributed by atoms with E-state index in [-0.39, 0.29) is 5.41 Å². The summed E-state index contributed by atoms with van der Waals surface area (Å²) in [7, 11) is 3.48. The summed E-state index contributed by atoms with van der Waals surface area (Å²) in [6.07, 6.45) is 4.21. The molecule has 0 spiro atoms. The molecule has 0 radical (unpaired) electrons. The van der Waals surface area contributed by atoms with Crippen molar-refractivity contribution < 1.29 is 4.84 Å². The highest BCUT2D eigenvalue weighted by atomic mass is 32.1. The minimum absolute atomic E-state index is 0.306. The van der Waals surface area contributed by atoms with E-state index in [0.717, 1.165) is 36.4 Å². The highest BCUT2D eigenvalue weighted by molar-refractivity contribution is 7.80. The second-order valence-electron chi connectivity index (χ2n) is 4.78. The van der Waals surface area contributed by atoms with Crippen LogP contribution in [-0.2, 0) is 10.3 Å². The first-order chi connectivity index (χ1) is 9.25. The van der Waals surface area contributed by atoms with Crippen LogP contribution in [0.4, 0.5) is 0 Å². The molecular formula is C15H20N2OS. The molecule has 1 N–H and O–H groups in total. The largest absolute Gasteiger partial charge is 0.399 e. The van der Waals surface area contributed by atoms with Crippen LogP contribution >= 0.6 is 12.2 Å². The van der Waals surface area contributed by atoms with Gasteiger partial charge in [-0.25, -0.2) is 0 Å². The fraction of sp³-hybridized carbons (Fsp3) is 0.467. The van der Waals surface area contributed by atoms with Gasteiger partial charge in [-0.2, -0.15) is 0 Å². The van der Waals surface area contributed by atoms with E-state index in [1.54, 1.807) is 7.11 Å². The van der Waals surface area contributed by atoms with Crippen LogP contribution in [0.25, 0.3) is 0 Å². The number of hydrogen-bond donors (Lipinski definition) is 1. The third-order valence-electron chi connectivity index (χ3n) is 3.79. The monoisotopic (exact) mass is 276 g/mol. The van der Waals surface area contributed by atoms with Crippen LogP contribution in [-0.4, -0.2) is 24.9 Å². The molecule has 0 heterocycles. The third-order valence-corrected chi connectivity index (χ3v) is 4.34. The number of benzene rings is 1. The molecule has 0 aromatic heterocycles. The maximum atomic E-state index is 5.61. The third kappa shape index (κ3) is 2.50. The molecule has 3 nitrogen and oxygen atoms in total. The van der Waals surface area contributed by atoms with Gasteiger partial charge in [0.05, 0.1) is 16.1 Å². The second kappa shape index (κ2) is 6.15. The molecular weight excluding hydrogens is 256 g/mol. The fourth-order valence-electron chi connectivity index (χ4n) is 2.90. The maximum Gasteiger partial charge on any atom is 0.106 e. The number of nitrogens with one attached hydrogen (secondary N) is 1. The Morgan fingerprint density at radius 2 is 2.05 bits per heavy atom. The molecule has 1 saturated carbocycles. The van der Waals surface area contributed by atoms with Gasteiger partial charge in [-0.15, -0.1) is 0 Å². The van der Waals surface area contributed by atoms with Gasteiger partial charge >= 0.3 is 0 Å². The lowest BCUT2D eigenvalue weighted by molar-refractivity contribution is 0.208. The zero-order chi connectivity index (χ0) is 13.7. The standard InChI is InChI=1S/C15H20N2OS/c1-16-14(19)15(12-8-4-3-5-9-12)11-7-6-10-13(15)17-18-2/h3-5,8-9H,6-7,10-11H2,1-2H3,(H,16,19)/b17-13+. The SMILES string of the molecule is CNC(=S)C1(c2ccccc2)CCCC/C1=N\OC. The molecule has 1 aromatic carbocycles. The van der Waals surface area contributed by atoms with E-state index in [1.165, 1.54) is 5.56 Å². The van der Waals surface area contributed by atoms with E-state index >= 15 is 0 Å². The molecule has 1 unspecified atom stereocenters. The van der Waals surface area contributed by atoms with Gasteiger partial charge in [0.25, 0.3) is 0 Å². The highest BCUT2D eigenvalue weighted by Crippen LogP contribution is 2.38. The Morgan fingerprint density at radius 1 is 1.32 bits per heavy atom. The van der Waals surface area contributed by atoms with Crippen LogP contribution in [0.1, 0.15) is 31.2 Å². The molecule has 1 aromatic rings. The lowest BCUT2D eigenvalue weighted by Crippen LogP contribution is -2.50. The number of thiocarbonyl (C=S) groups is 1. The van der Waals surface area contributed by atoms with E-state index in [4.69, 9.17) is 17.1 Å².